The standard InChI is InChI=1S/C16H12ClNO/c17-13-5-7-14(8-6-13)18-15-9-11-3-1-2-4-12(11)10-16(15)19/h1-10,18-19H. The molecule has 0 fully saturated rings. The molecule has 0 bridgehead atoms. The summed E-state index contributed by atoms with van der Waals surface area (Å²) in [4.78, 5) is 0. The first-order chi connectivity index (χ1) is 9.22. The Morgan fingerprint density at radius 1 is 0.842 bits per heavy atom. The Balaban J connectivity index is 2.00. The molecule has 3 rings (SSSR count). The van der Waals surface area contributed by atoms with Crippen LogP contribution in [0, 0.1) is 0 Å². The van der Waals surface area contributed by atoms with Crippen molar-refractivity contribution in [2.24, 2.45) is 0 Å². The van der Waals surface area contributed by atoms with Crippen molar-refractivity contribution in [1.82, 2.24) is 0 Å². The highest BCUT2D eigenvalue weighted by Gasteiger charge is 2.04. The Bertz CT molecular complexity index is 722. The summed E-state index contributed by atoms with van der Waals surface area (Å²) >= 11 is 5.85. The Morgan fingerprint density at radius 3 is 2.16 bits per heavy atom. The van der Waals surface area contributed by atoms with Crippen LogP contribution in [0.1, 0.15) is 0 Å². The molecule has 0 amide bonds. The lowest BCUT2D eigenvalue weighted by Gasteiger charge is -2.10. The lowest BCUT2D eigenvalue weighted by atomic mass is 10.1. The molecule has 19 heavy (non-hydrogen) atoms. The van der Waals surface area contributed by atoms with Gasteiger partial charge in [0.2, 0.25) is 0 Å². The summed E-state index contributed by atoms with van der Waals surface area (Å²) in [5.74, 6) is 0.230. The van der Waals surface area contributed by atoms with E-state index in [2.05, 4.69) is 5.32 Å². The Labute approximate surface area is 116 Å². The van der Waals surface area contributed by atoms with Gasteiger partial charge in [0.25, 0.3) is 0 Å². The molecule has 94 valence electrons. The first kappa shape index (κ1) is 11.9. The first-order valence-corrected chi connectivity index (χ1v) is 6.34. The molecule has 0 aromatic heterocycles. The number of nitrogens with one attached hydrogen (secondary N) is 1. The summed E-state index contributed by atoms with van der Waals surface area (Å²) < 4.78 is 0. The molecule has 3 heteroatoms. The van der Waals surface area contributed by atoms with Crippen molar-refractivity contribution in [3.8, 4) is 5.75 Å². The molecule has 0 unspecified atom stereocenters. The van der Waals surface area contributed by atoms with E-state index in [4.69, 9.17) is 11.6 Å². The zero-order valence-corrected chi connectivity index (χ0v) is 10.9. The minimum absolute atomic E-state index is 0.230. The summed E-state index contributed by atoms with van der Waals surface area (Å²) in [7, 11) is 0. The predicted octanol–water partition coefficient (Wildman–Crippen LogP) is 4.94. The molecule has 0 spiro atoms. The highest BCUT2D eigenvalue weighted by atomic mass is 35.5. The van der Waals surface area contributed by atoms with Crippen molar-refractivity contribution in [3.05, 3.63) is 65.7 Å². The van der Waals surface area contributed by atoms with Crippen LogP contribution in [0.25, 0.3) is 10.8 Å². The van der Waals surface area contributed by atoms with Gasteiger partial charge in [-0.25, -0.2) is 0 Å². The van der Waals surface area contributed by atoms with Crippen molar-refractivity contribution in [1.29, 1.82) is 0 Å². The molecule has 0 aliphatic carbocycles. The lowest BCUT2D eigenvalue weighted by Crippen LogP contribution is -1.90. The molecule has 0 aliphatic rings. The van der Waals surface area contributed by atoms with Gasteiger partial charge in [-0.3, -0.25) is 0 Å². The van der Waals surface area contributed by atoms with E-state index >= 15 is 0 Å². The second-order valence-electron chi connectivity index (χ2n) is 4.35. The van der Waals surface area contributed by atoms with Crippen LogP contribution in [0.3, 0.4) is 0 Å². The molecule has 2 N–H and O–H groups in total. The maximum atomic E-state index is 10.0. The van der Waals surface area contributed by atoms with Crippen molar-refractivity contribution in [2.45, 2.75) is 0 Å². The average Bonchev–Trinajstić information content (AvgIpc) is 2.42. The van der Waals surface area contributed by atoms with Crippen molar-refractivity contribution in [2.75, 3.05) is 5.32 Å². The van der Waals surface area contributed by atoms with Crippen molar-refractivity contribution in [3.63, 3.8) is 0 Å². The van der Waals surface area contributed by atoms with Gasteiger partial charge in [-0.05, 0) is 47.2 Å². The number of hydrogen-bond acceptors (Lipinski definition) is 2. The smallest absolute Gasteiger partial charge is 0.139 e. The van der Waals surface area contributed by atoms with Crippen LogP contribution in [-0.4, -0.2) is 5.11 Å². The van der Waals surface area contributed by atoms with E-state index in [1.54, 1.807) is 6.07 Å². The van der Waals surface area contributed by atoms with Crippen LogP contribution in [0.4, 0.5) is 11.4 Å². The molecule has 0 saturated carbocycles. The molecule has 3 aromatic carbocycles. The van der Waals surface area contributed by atoms with E-state index in [9.17, 15) is 5.11 Å². The molecular formula is C16H12ClNO. The molecule has 0 radical (unpaired) electrons. The number of phenolic OH excluding ortho intramolecular Hbond substituents is 1. The lowest BCUT2D eigenvalue weighted by molar-refractivity contribution is 0.478. The number of halogens is 1. The molecule has 0 heterocycles. The van der Waals surface area contributed by atoms with E-state index in [0.29, 0.717) is 10.7 Å². The third-order valence-corrected chi connectivity index (χ3v) is 3.24. The molecular weight excluding hydrogens is 258 g/mol. The van der Waals surface area contributed by atoms with E-state index in [-0.39, 0.29) is 5.75 Å². The van der Waals surface area contributed by atoms with Crippen LogP contribution < -0.4 is 5.32 Å². The topological polar surface area (TPSA) is 32.3 Å². The normalized spacial score (nSPS) is 10.6. The Kier molecular flexibility index (Phi) is 3.02. The molecule has 2 nitrogen and oxygen atoms in total. The largest absolute Gasteiger partial charge is 0.506 e. The van der Waals surface area contributed by atoms with E-state index < -0.39 is 0 Å². The molecule has 0 saturated heterocycles. The molecule has 0 aliphatic heterocycles. The highest BCUT2D eigenvalue weighted by Crippen LogP contribution is 2.31. The average molecular weight is 270 g/mol. The van der Waals surface area contributed by atoms with E-state index in [1.807, 2.05) is 54.6 Å². The number of phenols is 1. The maximum Gasteiger partial charge on any atom is 0.139 e. The van der Waals surface area contributed by atoms with Gasteiger partial charge in [-0.1, -0.05) is 35.9 Å². The fourth-order valence-corrected chi connectivity index (χ4v) is 2.14. The summed E-state index contributed by atoms with van der Waals surface area (Å²) in [5, 5.41) is 16.0. The van der Waals surface area contributed by atoms with Gasteiger partial charge in [0.05, 0.1) is 5.69 Å². The number of rotatable bonds is 2. The van der Waals surface area contributed by atoms with Gasteiger partial charge < -0.3 is 10.4 Å². The van der Waals surface area contributed by atoms with Crippen molar-refractivity contribution >= 4 is 33.7 Å². The van der Waals surface area contributed by atoms with Gasteiger partial charge in [0.15, 0.2) is 0 Å². The van der Waals surface area contributed by atoms with Crippen LogP contribution in [0.15, 0.2) is 60.7 Å². The zero-order valence-electron chi connectivity index (χ0n) is 10.1. The van der Waals surface area contributed by atoms with Gasteiger partial charge >= 0.3 is 0 Å². The zero-order chi connectivity index (χ0) is 13.2. The summed E-state index contributed by atoms with van der Waals surface area (Å²) in [6, 6.07) is 19.0. The Morgan fingerprint density at radius 2 is 1.47 bits per heavy atom. The highest BCUT2D eigenvalue weighted by molar-refractivity contribution is 6.30. The van der Waals surface area contributed by atoms with E-state index in [0.717, 1.165) is 16.5 Å². The van der Waals surface area contributed by atoms with Gasteiger partial charge in [-0.2, -0.15) is 0 Å². The van der Waals surface area contributed by atoms with Crippen LogP contribution >= 0.6 is 11.6 Å². The van der Waals surface area contributed by atoms with Gasteiger partial charge in [0, 0.05) is 10.7 Å². The van der Waals surface area contributed by atoms with Gasteiger partial charge in [-0.15, -0.1) is 0 Å². The number of aromatic hydroxyl groups is 1. The minimum Gasteiger partial charge on any atom is -0.506 e. The van der Waals surface area contributed by atoms with Crippen LogP contribution in [-0.2, 0) is 0 Å². The summed E-state index contributed by atoms with van der Waals surface area (Å²) in [6.07, 6.45) is 0. The summed E-state index contributed by atoms with van der Waals surface area (Å²) in [6.45, 7) is 0. The second kappa shape index (κ2) is 4.82. The summed E-state index contributed by atoms with van der Waals surface area (Å²) in [5.41, 5.74) is 1.57. The number of benzene rings is 3. The third kappa shape index (κ3) is 2.49. The molecule has 0 atom stereocenters. The second-order valence-corrected chi connectivity index (χ2v) is 4.78. The molecule has 3 aromatic rings. The van der Waals surface area contributed by atoms with Crippen molar-refractivity contribution < 1.29 is 5.11 Å². The number of fused-ring (bicyclic) bond motifs is 1. The first-order valence-electron chi connectivity index (χ1n) is 5.97. The minimum atomic E-state index is 0.230. The third-order valence-electron chi connectivity index (χ3n) is 2.99. The Hall–Kier alpha value is -2.19. The van der Waals surface area contributed by atoms with Crippen LogP contribution in [0.5, 0.6) is 5.75 Å². The number of hydrogen-bond donors (Lipinski definition) is 2. The van der Waals surface area contributed by atoms with Crippen LogP contribution in [0.2, 0.25) is 5.02 Å². The fourth-order valence-electron chi connectivity index (χ4n) is 2.02. The SMILES string of the molecule is Oc1cc2ccccc2cc1Nc1ccc(Cl)cc1. The van der Waals surface area contributed by atoms with Gasteiger partial charge in [0.1, 0.15) is 5.75 Å². The number of anilines is 2. The van der Waals surface area contributed by atoms with E-state index in [1.165, 1.54) is 0 Å². The maximum absolute atomic E-state index is 10.0. The quantitative estimate of drug-likeness (QED) is 0.646. The predicted molar refractivity (Wildman–Crippen MR) is 80.3 cm³/mol. The fraction of sp³-hybridized carbons (Fsp3) is 0. The monoisotopic (exact) mass is 269 g/mol.